The Labute approximate surface area is 115 Å². The van der Waals surface area contributed by atoms with Crippen LogP contribution in [-0.2, 0) is 4.74 Å². The predicted octanol–water partition coefficient (Wildman–Crippen LogP) is 2.87. The highest BCUT2D eigenvalue weighted by atomic mass is 35.5. The summed E-state index contributed by atoms with van der Waals surface area (Å²) >= 11 is 5.89. The standard InChI is InChI=1S/C13H14ClN3O2/c14-10-2-1-9(7-11(10)15)13-16-12(17-19-13)8-3-5-18-6-4-8/h1-2,7-8H,3-6,15H2. The number of aromatic nitrogens is 2. The van der Waals surface area contributed by atoms with Crippen LogP contribution in [-0.4, -0.2) is 23.4 Å². The van der Waals surface area contributed by atoms with Crippen LogP contribution in [0.3, 0.4) is 0 Å². The van der Waals surface area contributed by atoms with Gasteiger partial charge in [0.2, 0.25) is 0 Å². The molecule has 2 N–H and O–H groups in total. The number of hydrogen-bond donors (Lipinski definition) is 1. The summed E-state index contributed by atoms with van der Waals surface area (Å²) in [5, 5.41) is 4.57. The van der Waals surface area contributed by atoms with Gasteiger partial charge in [-0.05, 0) is 31.0 Å². The van der Waals surface area contributed by atoms with E-state index in [0.29, 0.717) is 22.5 Å². The maximum absolute atomic E-state index is 5.89. The van der Waals surface area contributed by atoms with E-state index < -0.39 is 0 Å². The lowest BCUT2D eigenvalue weighted by Crippen LogP contribution is -2.15. The van der Waals surface area contributed by atoms with Crippen LogP contribution in [0.15, 0.2) is 22.7 Å². The molecule has 2 aromatic rings. The van der Waals surface area contributed by atoms with Crippen molar-refractivity contribution in [2.45, 2.75) is 18.8 Å². The van der Waals surface area contributed by atoms with Gasteiger partial charge >= 0.3 is 0 Å². The first kappa shape index (κ1) is 12.4. The van der Waals surface area contributed by atoms with Gasteiger partial charge in [-0.15, -0.1) is 0 Å². The summed E-state index contributed by atoms with van der Waals surface area (Å²) < 4.78 is 10.6. The van der Waals surface area contributed by atoms with Crippen molar-refractivity contribution in [1.29, 1.82) is 0 Å². The maximum atomic E-state index is 5.89. The first-order valence-electron chi connectivity index (χ1n) is 6.21. The fourth-order valence-corrected chi connectivity index (χ4v) is 2.27. The van der Waals surface area contributed by atoms with Gasteiger partial charge in [0.05, 0.1) is 10.7 Å². The lowest BCUT2D eigenvalue weighted by atomic mass is 10.00. The molecule has 1 saturated heterocycles. The number of anilines is 1. The molecule has 0 bridgehead atoms. The summed E-state index contributed by atoms with van der Waals surface area (Å²) in [7, 11) is 0. The van der Waals surface area contributed by atoms with E-state index in [1.54, 1.807) is 12.1 Å². The van der Waals surface area contributed by atoms with Crippen LogP contribution in [0.2, 0.25) is 5.02 Å². The quantitative estimate of drug-likeness (QED) is 0.856. The molecule has 6 heteroatoms. The van der Waals surface area contributed by atoms with E-state index in [4.69, 9.17) is 26.6 Å². The van der Waals surface area contributed by atoms with Crippen LogP contribution < -0.4 is 5.73 Å². The molecule has 0 spiro atoms. The summed E-state index contributed by atoms with van der Waals surface area (Å²) in [5.74, 6) is 1.53. The molecule has 1 aromatic carbocycles. The van der Waals surface area contributed by atoms with Crippen LogP contribution in [0.25, 0.3) is 11.5 Å². The van der Waals surface area contributed by atoms with Gasteiger partial charge in [-0.2, -0.15) is 4.98 Å². The third-order valence-corrected chi connectivity index (χ3v) is 3.62. The molecule has 2 heterocycles. The highest BCUT2D eigenvalue weighted by Gasteiger charge is 2.21. The molecule has 1 fully saturated rings. The molecule has 1 aliphatic heterocycles. The summed E-state index contributed by atoms with van der Waals surface area (Å²) in [6.07, 6.45) is 1.86. The number of hydrogen-bond acceptors (Lipinski definition) is 5. The molecule has 1 aromatic heterocycles. The molecule has 0 aliphatic carbocycles. The summed E-state index contributed by atoms with van der Waals surface area (Å²) in [4.78, 5) is 4.44. The molecule has 0 unspecified atom stereocenters. The second-order valence-corrected chi connectivity index (χ2v) is 4.99. The van der Waals surface area contributed by atoms with Crippen molar-refractivity contribution in [3.05, 3.63) is 29.0 Å². The Bertz CT molecular complexity index is 579. The van der Waals surface area contributed by atoms with Crippen molar-refractivity contribution in [2.24, 2.45) is 0 Å². The topological polar surface area (TPSA) is 74.2 Å². The minimum atomic E-state index is 0.316. The van der Waals surface area contributed by atoms with Gasteiger partial charge in [-0.3, -0.25) is 0 Å². The van der Waals surface area contributed by atoms with Crippen molar-refractivity contribution in [2.75, 3.05) is 18.9 Å². The first-order chi connectivity index (χ1) is 9.24. The molecule has 100 valence electrons. The van der Waals surface area contributed by atoms with E-state index in [9.17, 15) is 0 Å². The maximum Gasteiger partial charge on any atom is 0.258 e. The predicted molar refractivity (Wildman–Crippen MR) is 72.0 cm³/mol. The minimum absolute atomic E-state index is 0.316. The van der Waals surface area contributed by atoms with E-state index >= 15 is 0 Å². The van der Waals surface area contributed by atoms with E-state index in [-0.39, 0.29) is 0 Å². The molecule has 5 nitrogen and oxygen atoms in total. The van der Waals surface area contributed by atoms with Crippen molar-refractivity contribution in [3.63, 3.8) is 0 Å². The van der Waals surface area contributed by atoms with Crippen LogP contribution in [0.4, 0.5) is 5.69 Å². The summed E-state index contributed by atoms with van der Waals surface area (Å²) in [6.45, 7) is 1.50. The van der Waals surface area contributed by atoms with Gasteiger partial charge in [0.15, 0.2) is 5.82 Å². The van der Waals surface area contributed by atoms with Crippen LogP contribution in [0, 0.1) is 0 Å². The lowest BCUT2D eigenvalue weighted by molar-refractivity contribution is 0.0830. The number of nitrogens with two attached hydrogens (primary N) is 1. The number of halogens is 1. The fourth-order valence-electron chi connectivity index (χ4n) is 2.15. The first-order valence-corrected chi connectivity index (χ1v) is 6.58. The Morgan fingerprint density at radius 1 is 1.26 bits per heavy atom. The van der Waals surface area contributed by atoms with Gasteiger partial charge in [0.25, 0.3) is 5.89 Å². The largest absolute Gasteiger partial charge is 0.398 e. The zero-order chi connectivity index (χ0) is 13.2. The zero-order valence-corrected chi connectivity index (χ0v) is 11.1. The normalized spacial score (nSPS) is 16.7. The van der Waals surface area contributed by atoms with Crippen molar-refractivity contribution >= 4 is 17.3 Å². The van der Waals surface area contributed by atoms with E-state index in [2.05, 4.69) is 10.1 Å². The number of benzene rings is 1. The molecule has 19 heavy (non-hydrogen) atoms. The Kier molecular flexibility index (Phi) is 3.40. The number of rotatable bonds is 2. The molecule has 0 saturated carbocycles. The Morgan fingerprint density at radius 3 is 2.79 bits per heavy atom. The van der Waals surface area contributed by atoms with Crippen molar-refractivity contribution < 1.29 is 9.26 Å². The Hall–Kier alpha value is -1.59. The van der Waals surface area contributed by atoms with E-state index in [0.717, 1.165) is 37.4 Å². The van der Waals surface area contributed by atoms with Gasteiger partial charge in [-0.1, -0.05) is 16.8 Å². The third-order valence-electron chi connectivity index (χ3n) is 3.27. The fraction of sp³-hybridized carbons (Fsp3) is 0.385. The number of nitrogen functional groups attached to an aromatic ring is 1. The molecule has 0 radical (unpaired) electrons. The van der Waals surface area contributed by atoms with Gasteiger partial charge < -0.3 is 15.0 Å². The molecular formula is C13H14ClN3O2. The average molecular weight is 280 g/mol. The second kappa shape index (κ2) is 5.19. The zero-order valence-electron chi connectivity index (χ0n) is 10.3. The highest BCUT2D eigenvalue weighted by Crippen LogP contribution is 2.29. The van der Waals surface area contributed by atoms with Crippen LogP contribution in [0.1, 0.15) is 24.6 Å². The smallest absolute Gasteiger partial charge is 0.258 e. The van der Waals surface area contributed by atoms with Gasteiger partial charge in [-0.25, -0.2) is 0 Å². The summed E-state index contributed by atoms with van der Waals surface area (Å²) in [6, 6.07) is 5.29. The summed E-state index contributed by atoms with van der Waals surface area (Å²) in [5.41, 5.74) is 7.06. The number of nitrogens with zero attached hydrogens (tertiary/aromatic N) is 2. The van der Waals surface area contributed by atoms with Crippen LogP contribution >= 0.6 is 11.6 Å². The molecular weight excluding hydrogens is 266 g/mol. The minimum Gasteiger partial charge on any atom is -0.398 e. The molecule has 0 amide bonds. The molecule has 1 aliphatic rings. The molecule has 0 atom stereocenters. The average Bonchev–Trinajstić information content (AvgIpc) is 2.93. The Balaban J connectivity index is 1.85. The Morgan fingerprint density at radius 2 is 2.05 bits per heavy atom. The van der Waals surface area contributed by atoms with Crippen molar-refractivity contribution in [3.8, 4) is 11.5 Å². The number of ether oxygens (including phenoxy) is 1. The van der Waals surface area contributed by atoms with Gasteiger partial charge in [0, 0.05) is 24.7 Å². The monoisotopic (exact) mass is 279 g/mol. The van der Waals surface area contributed by atoms with Gasteiger partial charge in [0.1, 0.15) is 0 Å². The van der Waals surface area contributed by atoms with Crippen molar-refractivity contribution in [1.82, 2.24) is 10.1 Å². The van der Waals surface area contributed by atoms with E-state index in [1.807, 2.05) is 6.07 Å². The second-order valence-electron chi connectivity index (χ2n) is 4.58. The SMILES string of the molecule is Nc1cc(-c2nc(C3CCOCC3)no2)ccc1Cl. The molecule has 3 rings (SSSR count). The lowest BCUT2D eigenvalue weighted by Gasteiger charge is -2.18. The van der Waals surface area contributed by atoms with E-state index in [1.165, 1.54) is 0 Å². The highest BCUT2D eigenvalue weighted by molar-refractivity contribution is 6.33. The third kappa shape index (κ3) is 2.57. The van der Waals surface area contributed by atoms with Crippen LogP contribution in [0.5, 0.6) is 0 Å².